The predicted molar refractivity (Wildman–Crippen MR) is 50.2 cm³/mol. The van der Waals surface area contributed by atoms with Gasteiger partial charge in [0.1, 0.15) is 0 Å². The van der Waals surface area contributed by atoms with Crippen LogP contribution in [-0.2, 0) is 0 Å². The van der Waals surface area contributed by atoms with Crippen LogP contribution in [-0.4, -0.2) is 48.0 Å². The molecular weight excluding hydrogens is 152 g/mol. The summed E-state index contributed by atoms with van der Waals surface area (Å²) in [4.78, 5) is 4.24. The molecule has 4 heteroatoms. The number of guanidine groups is 1. The third kappa shape index (κ3) is 1.69. The first kappa shape index (κ1) is 9.32. The maximum absolute atomic E-state index is 7.40. The Morgan fingerprint density at radius 2 is 1.75 bits per heavy atom. The first-order chi connectivity index (χ1) is 5.52. The smallest absolute Gasteiger partial charge is 0.188 e. The van der Waals surface area contributed by atoms with Crippen molar-refractivity contribution >= 4 is 5.96 Å². The minimum Gasteiger partial charge on any atom is -0.370 e. The van der Waals surface area contributed by atoms with Crippen LogP contribution in [0.3, 0.4) is 0 Å². The van der Waals surface area contributed by atoms with Crippen molar-refractivity contribution in [1.82, 2.24) is 9.80 Å². The fourth-order valence-electron chi connectivity index (χ4n) is 2.06. The van der Waals surface area contributed by atoms with Crippen LogP contribution in [0, 0.1) is 5.41 Å². The molecule has 12 heavy (non-hydrogen) atoms. The van der Waals surface area contributed by atoms with Crippen molar-refractivity contribution < 1.29 is 0 Å². The van der Waals surface area contributed by atoms with Crippen LogP contribution in [0.1, 0.15) is 13.8 Å². The van der Waals surface area contributed by atoms with Gasteiger partial charge >= 0.3 is 0 Å². The third-order valence-corrected chi connectivity index (χ3v) is 2.38. The maximum atomic E-state index is 7.40. The van der Waals surface area contributed by atoms with Crippen molar-refractivity contribution in [2.45, 2.75) is 25.9 Å². The van der Waals surface area contributed by atoms with Gasteiger partial charge in [-0.05, 0) is 20.9 Å². The van der Waals surface area contributed by atoms with Gasteiger partial charge < -0.3 is 15.5 Å². The highest BCUT2D eigenvalue weighted by atomic mass is 15.3. The molecule has 2 unspecified atom stereocenters. The summed E-state index contributed by atoms with van der Waals surface area (Å²) in [5.74, 6) is 0.197. The van der Waals surface area contributed by atoms with E-state index >= 15 is 0 Å². The van der Waals surface area contributed by atoms with Crippen molar-refractivity contribution in [2.75, 3.05) is 20.1 Å². The fourth-order valence-corrected chi connectivity index (χ4v) is 2.06. The Morgan fingerprint density at radius 1 is 1.33 bits per heavy atom. The van der Waals surface area contributed by atoms with Crippen LogP contribution in [0.5, 0.6) is 0 Å². The summed E-state index contributed by atoms with van der Waals surface area (Å²) in [7, 11) is 2.10. The summed E-state index contributed by atoms with van der Waals surface area (Å²) >= 11 is 0. The molecule has 4 nitrogen and oxygen atoms in total. The zero-order chi connectivity index (χ0) is 9.30. The van der Waals surface area contributed by atoms with Crippen LogP contribution < -0.4 is 5.73 Å². The molecular formula is C8H18N4. The van der Waals surface area contributed by atoms with E-state index in [4.69, 9.17) is 11.1 Å². The molecule has 0 aromatic carbocycles. The molecule has 1 saturated heterocycles. The molecule has 1 aliphatic rings. The normalized spacial score (nSPS) is 32.1. The van der Waals surface area contributed by atoms with Gasteiger partial charge in [0.05, 0.1) is 0 Å². The number of likely N-dealkylation sites (N-methyl/N-ethyl adjacent to an activating group) is 1. The Hall–Kier alpha value is -0.770. The number of rotatable bonds is 0. The van der Waals surface area contributed by atoms with Gasteiger partial charge in [0.15, 0.2) is 5.96 Å². The lowest BCUT2D eigenvalue weighted by molar-refractivity contribution is 0.111. The van der Waals surface area contributed by atoms with Crippen molar-refractivity contribution in [3.8, 4) is 0 Å². The largest absolute Gasteiger partial charge is 0.370 e. The highest BCUT2D eigenvalue weighted by Crippen LogP contribution is 2.12. The minimum atomic E-state index is 0.197. The van der Waals surface area contributed by atoms with E-state index < -0.39 is 0 Å². The summed E-state index contributed by atoms with van der Waals surface area (Å²) in [6.07, 6.45) is 0. The second-order valence-corrected chi connectivity index (χ2v) is 3.71. The molecule has 0 aromatic rings. The van der Waals surface area contributed by atoms with Crippen molar-refractivity contribution in [3.05, 3.63) is 0 Å². The molecule has 0 aliphatic carbocycles. The van der Waals surface area contributed by atoms with Crippen molar-refractivity contribution in [1.29, 1.82) is 5.41 Å². The Kier molecular flexibility index (Phi) is 2.57. The molecule has 1 rings (SSSR count). The van der Waals surface area contributed by atoms with Crippen LogP contribution in [0.2, 0.25) is 0 Å². The van der Waals surface area contributed by atoms with E-state index in [0.29, 0.717) is 12.1 Å². The van der Waals surface area contributed by atoms with Crippen molar-refractivity contribution in [2.24, 2.45) is 5.73 Å². The third-order valence-electron chi connectivity index (χ3n) is 2.38. The molecule has 0 aromatic heterocycles. The number of nitrogens with zero attached hydrogens (tertiary/aromatic N) is 2. The van der Waals surface area contributed by atoms with E-state index in [2.05, 4.69) is 25.8 Å². The van der Waals surface area contributed by atoms with Gasteiger partial charge in [-0.3, -0.25) is 5.41 Å². The Morgan fingerprint density at radius 3 is 2.08 bits per heavy atom. The van der Waals surface area contributed by atoms with E-state index in [1.165, 1.54) is 0 Å². The first-order valence-corrected chi connectivity index (χ1v) is 4.33. The number of piperazine rings is 1. The predicted octanol–water partition coefficient (Wildman–Crippen LogP) is -0.0957. The molecule has 2 atom stereocenters. The highest BCUT2D eigenvalue weighted by molar-refractivity contribution is 5.75. The number of hydrogen-bond acceptors (Lipinski definition) is 2. The Labute approximate surface area is 73.8 Å². The zero-order valence-electron chi connectivity index (χ0n) is 8.04. The van der Waals surface area contributed by atoms with E-state index in [1.54, 1.807) is 0 Å². The lowest BCUT2D eigenvalue weighted by Crippen LogP contribution is -2.59. The Bertz CT molecular complexity index is 168. The second-order valence-electron chi connectivity index (χ2n) is 3.71. The SMILES string of the molecule is CC1CN(C)CC(C)N1C(=N)N. The summed E-state index contributed by atoms with van der Waals surface area (Å²) in [6, 6.07) is 0.715. The maximum Gasteiger partial charge on any atom is 0.188 e. The first-order valence-electron chi connectivity index (χ1n) is 4.33. The standard InChI is InChI=1S/C8H18N4/c1-6-4-11(3)5-7(2)12(6)8(9)10/h6-7H,4-5H2,1-3H3,(H3,9,10). The minimum absolute atomic E-state index is 0.197. The van der Waals surface area contributed by atoms with Gasteiger partial charge in [-0.1, -0.05) is 0 Å². The van der Waals surface area contributed by atoms with E-state index in [0.717, 1.165) is 13.1 Å². The zero-order valence-corrected chi connectivity index (χ0v) is 8.04. The number of hydrogen-bond donors (Lipinski definition) is 2. The lowest BCUT2D eigenvalue weighted by Gasteiger charge is -2.43. The van der Waals surface area contributed by atoms with Gasteiger partial charge in [-0.25, -0.2) is 0 Å². The van der Waals surface area contributed by atoms with Gasteiger partial charge in [0.25, 0.3) is 0 Å². The van der Waals surface area contributed by atoms with E-state index in [-0.39, 0.29) is 5.96 Å². The average molecular weight is 170 g/mol. The molecule has 0 saturated carbocycles. The Balaban J connectivity index is 2.66. The van der Waals surface area contributed by atoms with Crippen LogP contribution in [0.15, 0.2) is 0 Å². The molecule has 0 amide bonds. The quantitative estimate of drug-likeness (QED) is 0.394. The van der Waals surface area contributed by atoms with Gasteiger partial charge in [0, 0.05) is 25.2 Å². The fraction of sp³-hybridized carbons (Fsp3) is 0.875. The monoisotopic (exact) mass is 170 g/mol. The molecule has 1 heterocycles. The van der Waals surface area contributed by atoms with E-state index in [1.807, 2.05) is 4.90 Å². The molecule has 1 aliphatic heterocycles. The topological polar surface area (TPSA) is 56.4 Å². The second kappa shape index (κ2) is 3.31. The van der Waals surface area contributed by atoms with Crippen LogP contribution in [0.25, 0.3) is 0 Å². The summed E-state index contributed by atoms with van der Waals surface area (Å²) < 4.78 is 0. The van der Waals surface area contributed by atoms with Crippen LogP contribution in [0.4, 0.5) is 0 Å². The molecule has 3 N–H and O–H groups in total. The molecule has 0 radical (unpaired) electrons. The van der Waals surface area contributed by atoms with E-state index in [9.17, 15) is 0 Å². The van der Waals surface area contributed by atoms with Gasteiger partial charge in [-0.15, -0.1) is 0 Å². The highest BCUT2D eigenvalue weighted by Gasteiger charge is 2.27. The van der Waals surface area contributed by atoms with Crippen LogP contribution >= 0.6 is 0 Å². The summed E-state index contributed by atoms with van der Waals surface area (Å²) in [5.41, 5.74) is 5.48. The summed E-state index contributed by atoms with van der Waals surface area (Å²) in [6.45, 7) is 6.19. The lowest BCUT2D eigenvalue weighted by atomic mass is 10.1. The molecule has 0 bridgehead atoms. The number of nitrogens with one attached hydrogen (secondary N) is 1. The van der Waals surface area contributed by atoms with Gasteiger partial charge in [0.2, 0.25) is 0 Å². The summed E-state index contributed by atoms with van der Waals surface area (Å²) in [5, 5.41) is 7.40. The molecule has 0 spiro atoms. The molecule has 70 valence electrons. The molecule has 1 fully saturated rings. The number of nitrogens with two attached hydrogens (primary N) is 1. The van der Waals surface area contributed by atoms with Gasteiger partial charge in [-0.2, -0.15) is 0 Å². The van der Waals surface area contributed by atoms with Crippen molar-refractivity contribution in [3.63, 3.8) is 0 Å². The average Bonchev–Trinajstić information content (AvgIpc) is 1.82.